The number of nitro groups is 1. The zero-order valence-corrected chi connectivity index (χ0v) is 13.7. The van der Waals surface area contributed by atoms with E-state index in [4.69, 9.17) is 0 Å². The van der Waals surface area contributed by atoms with Gasteiger partial charge >= 0.3 is 0 Å². The highest BCUT2D eigenvalue weighted by Gasteiger charge is 2.22. The molecule has 8 nitrogen and oxygen atoms in total. The number of amides is 1. The van der Waals surface area contributed by atoms with E-state index in [9.17, 15) is 14.9 Å². The predicted molar refractivity (Wildman–Crippen MR) is 91.9 cm³/mol. The van der Waals surface area contributed by atoms with Crippen LogP contribution in [0.1, 0.15) is 16.2 Å². The first kappa shape index (κ1) is 16.3. The molecule has 0 aliphatic rings. The number of non-ortho nitro benzene ring substituents is 1. The second kappa shape index (κ2) is 6.52. The van der Waals surface area contributed by atoms with Crippen LogP contribution in [0.2, 0.25) is 0 Å². The quantitative estimate of drug-likeness (QED) is 0.539. The molecule has 0 bridgehead atoms. The van der Waals surface area contributed by atoms with E-state index in [0.29, 0.717) is 11.4 Å². The maximum Gasteiger partial charge on any atom is 0.280 e. The number of carbonyl (C=O) groups is 1. The Bertz CT molecular complexity index is 936. The molecule has 3 rings (SSSR count). The number of para-hydroxylation sites is 1. The smallest absolute Gasteiger partial charge is 0.280 e. The zero-order valence-electron chi connectivity index (χ0n) is 13.7. The van der Waals surface area contributed by atoms with Crippen LogP contribution in [0.25, 0.3) is 5.69 Å². The highest BCUT2D eigenvalue weighted by atomic mass is 16.6. The molecule has 0 saturated heterocycles. The SMILES string of the molecule is Cc1c(C(=O)N(C)c2ccccc2)nnn1-c1cccc([N+](=O)[O-])c1. The molecule has 126 valence electrons. The maximum atomic E-state index is 12.7. The first-order chi connectivity index (χ1) is 12.0. The molecule has 0 aliphatic heterocycles. The van der Waals surface area contributed by atoms with Gasteiger partial charge in [0.05, 0.1) is 16.3 Å². The maximum absolute atomic E-state index is 12.7. The number of carbonyl (C=O) groups excluding carboxylic acids is 1. The number of nitro benzene ring substituents is 1. The number of anilines is 1. The molecule has 0 atom stereocenters. The molecule has 2 aromatic carbocycles. The largest absolute Gasteiger partial charge is 0.310 e. The molecule has 0 unspecified atom stereocenters. The average Bonchev–Trinajstić information content (AvgIpc) is 3.02. The molecule has 0 aliphatic carbocycles. The van der Waals surface area contributed by atoms with E-state index in [1.54, 1.807) is 26.1 Å². The summed E-state index contributed by atoms with van der Waals surface area (Å²) in [4.78, 5) is 24.6. The van der Waals surface area contributed by atoms with Crippen LogP contribution in [0.3, 0.4) is 0 Å². The van der Waals surface area contributed by atoms with Crippen molar-refractivity contribution < 1.29 is 9.72 Å². The molecular weight excluding hydrogens is 322 g/mol. The van der Waals surface area contributed by atoms with Crippen LogP contribution in [0.5, 0.6) is 0 Å². The third-order valence-electron chi connectivity index (χ3n) is 3.83. The van der Waals surface area contributed by atoms with Gasteiger partial charge in [-0.3, -0.25) is 14.9 Å². The minimum atomic E-state index is -0.481. The Kier molecular flexibility index (Phi) is 4.25. The Balaban J connectivity index is 1.95. The molecule has 3 aromatic rings. The molecule has 8 heteroatoms. The van der Waals surface area contributed by atoms with Crippen molar-refractivity contribution in [2.45, 2.75) is 6.92 Å². The summed E-state index contributed by atoms with van der Waals surface area (Å²) in [6.07, 6.45) is 0. The van der Waals surface area contributed by atoms with Crippen LogP contribution in [0, 0.1) is 17.0 Å². The zero-order chi connectivity index (χ0) is 18.0. The van der Waals surface area contributed by atoms with Gasteiger partial charge in [-0.25, -0.2) is 4.68 Å². The van der Waals surface area contributed by atoms with Gasteiger partial charge in [0.1, 0.15) is 0 Å². The van der Waals surface area contributed by atoms with Crippen LogP contribution in [-0.2, 0) is 0 Å². The third-order valence-corrected chi connectivity index (χ3v) is 3.83. The molecule has 25 heavy (non-hydrogen) atoms. The van der Waals surface area contributed by atoms with E-state index in [-0.39, 0.29) is 17.3 Å². The van der Waals surface area contributed by atoms with Gasteiger partial charge in [0.15, 0.2) is 5.69 Å². The molecule has 0 fully saturated rings. The predicted octanol–water partition coefficient (Wildman–Crippen LogP) is 2.76. The summed E-state index contributed by atoms with van der Waals surface area (Å²) in [5, 5.41) is 18.9. The number of hydrogen-bond donors (Lipinski definition) is 0. The molecular formula is C17H15N5O3. The summed E-state index contributed by atoms with van der Waals surface area (Å²) in [5.41, 5.74) is 1.85. The number of rotatable bonds is 4. The van der Waals surface area contributed by atoms with Gasteiger partial charge in [-0.1, -0.05) is 29.5 Å². The summed E-state index contributed by atoms with van der Waals surface area (Å²) in [7, 11) is 1.66. The summed E-state index contributed by atoms with van der Waals surface area (Å²) in [6, 6.07) is 15.2. The van der Waals surface area contributed by atoms with Crippen LogP contribution >= 0.6 is 0 Å². The number of nitrogens with zero attached hydrogens (tertiary/aromatic N) is 5. The fourth-order valence-electron chi connectivity index (χ4n) is 2.44. The van der Waals surface area contributed by atoms with Crippen molar-refractivity contribution in [2.75, 3.05) is 11.9 Å². The van der Waals surface area contributed by atoms with Gasteiger partial charge in [-0.2, -0.15) is 0 Å². The molecule has 0 radical (unpaired) electrons. The van der Waals surface area contributed by atoms with Crippen LogP contribution in [0.15, 0.2) is 54.6 Å². The minimum absolute atomic E-state index is 0.0540. The van der Waals surface area contributed by atoms with Gasteiger partial charge in [-0.15, -0.1) is 5.10 Å². The Hall–Kier alpha value is -3.55. The van der Waals surface area contributed by atoms with Crippen molar-refractivity contribution in [3.8, 4) is 5.69 Å². The van der Waals surface area contributed by atoms with E-state index >= 15 is 0 Å². The van der Waals surface area contributed by atoms with E-state index in [1.165, 1.54) is 21.7 Å². The lowest BCUT2D eigenvalue weighted by molar-refractivity contribution is -0.384. The Morgan fingerprint density at radius 2 is 1.88 bits per heavy atom. The third kappa shape index (κ3) is 3.09. The van der Waals surface area contributed by atoms with Gasteiger partial charge in [0.2, 0.25) is 0 Å². The highest BCUT2D eigenvalue weighted by molar-refractivity contribution is 6.05. The summed E-state index contributed by atoms with van der Waals surface area (Å²) in [5.74, 6) is -0.305. The first-order valence-electron chi connectivity index (χ1n) is 7.49. The average molecular weight is 337 g/mol. The Morgan fingerprint density at radius 1 is 1.16 bits per heavy atom. The van der Waals surface area contributed by atoms with E-state index < -0.39 is 4.92 Å². The standard InChI is InChI=1S/C17H15N5O3/c1-12-16(17(23)20(2)13-7-4-3-5-8-13)18-19-21(12)14-9-6-10-15(11-14)22(24)25/h3-11H,1-2H3. The van der Waals surface area contributed by atoms with Crippen molar-refractivity contribution in [2.24, 2.45) is 0 Å². The lowest BCUT2D eigenvalue weighted by atomic mass is 10.2. The van der Waals surface area contributed by atoms with Gasteiger partial charge in [-0.05, 0) is 25.1 Å². The van der Waals surface area contributed by atoms with Gasteiger partial charge < -0.3 is 4.90 Å². The second-order valence-corrected chi connectivity index (χ2v) is 5.41. The van der Waals surface area contributed by atoms with E-state index in [0.717, 1.165) is 5.69 Å². The van der Waals surface area contributed by atoms with Gasteiger partial charge in [0, 0.05) is 24.9 Å². The van der Waals surface area contributed by atoms with Crippen molar-refractivity contribution in [3.05, 3.63) is 76.1 Å². The molecule has 0 saturated carbocycles. The molecule has 1 aromatic heterocycles. The Morgan fingerprint density at radius 3 is 2.56 bits per heavy atom. The minimum Gasteiger partial charge on any atom is -0.310 e. The first-order valence-corrected chi connectivity index (χ1v) is 7.49. The highest BCUT2D eigenvalue weighted by Crippen LogP contribution is 2.20. The monoisotopic (exact) mass is 337 g/mol. The fraction of sp³-hybridized carbons (Fsp3) is 0.118. The molecule has 1 heterocycles. The molecule has 0 N–H and O–H groups in total. The van der Waals surface area contributed by atoms with Crippen LogP contribution in [0.4, 0.5) is 11.4 Å². The van der Waals surface area contributed by atoms with Crippen molar-refractivity contribution in [1.82, 2.24) is 15.0 Å². The molecule has 1 amide bonds. The molecule has 0 spiro atoms. The second-order valence-electron chi connectivity index (χ2n) is 5.41. The summed E-state index contributed by atoms with van der Waals surface area (Å²) in [6.45, 7) is 1.70. The number of hydrogen-bond acceptors (Lipinski definition) is 5. The number of benzene rings is 2. The summed E-state index contributed by atoms with van der Waals surface area (Å²) >= 11 is 0. The topological polar surface area (TPSA) is 94.2 Å². The van der Waals surface area contributed by atoms with Crippen LogP contribution in [-0.4, -0.2) is 32.9 Å². The van der Waals surface area contributed by atoms with Crippen LogP contribution < -0.4 is 4.90 Å². The lowest BCUT2D eigenvalue weighted by Crippen LogP contribution is -2.27. The van der Waals surface area contributed by atoms with Crippen molar-refractivity contribution >= 4 is 17.3 Å². The normalized spacial score (nSPS) is 10.5. The fourth-order valence-corrected chi connectivity index (χ4v) is 2.44. The van der Waals surface area contributed by atoms with E-state index in [1.807, 2.05) is 30.3 Å². The van der Waals surface area contributed by atoms with Crippen molar-refractivity contribution in [3.63, 3.8) is 0 Å². The van der Waals surface area contributed by atoms with E-state index in [2.05, 4.69) is 10.3 Å². The number of aromatic nitrogens is 3. The lowest BCUT2D eigenvalue weighted by Gasteiger charge is -2.16. The Labute approximate surface area is 143 Å². The summed E-state index contributed by atoms with van der Waals surface area (Å²) < 4.78 is 1.42. The van der Waals surface area contributed by atoms with Gasteiger partial charge in [0.25, 0.3) is 11.6 Å². The van der Waals surface area contributed by atoms with Crippen molar-refractivity contribution in [1.29, 1.82) is 0 Å².